The first-order chi connectivity index (χ1) is 8.88. The SMILES string of the molecule is CF.F/C=C(\F)c1cc(F)c(C(F)=C(F)F)cc1F. The molecule has 0 unspecified atom stereocenters. The number of halogens is 8. The minimum Gasteiger partial charge on any atom is -0.255 e. The third kappa shape index (κ3) is 4.08. The average molecular weight is 290 g/mol. The summed E-state index contributed by atoms with van der Waals surface area (Å²) in [5.74, 6) is -7.21. The summed E-state index contributed by atoms with van der Waals surface area (Å²) in [6.07, 6.45) is -3.49. The van der Waals surface area contributed by atoms with Crippen LogP contribution in [0.25, 0.3) is 11.7 Å². The quantitative estimate of drug-likeness (QED) is 0.646. The number of hydrogen-bond acceptors (Lipinski definition) is 0. The Morgan fingerprint density at radius 1 is 0.895 bits per heavy atom. The fourth-order valence-corrected chi connectivity index (χ4v) is 1.06. The van der Waals surface area contributed by atoms with Crippen molar-refractivity contribution in [3.05, 3.63) is 47.3 Å². The van der Waals surface area contributed by atoms with Gasteiger partial charge in [0.25, 0.3) is 0 Å². The summed E-state index contributed by atoms with van der Waals surface area (Å²) in [5, 5.41) is 0. The minimum atomic E-state index is -2.85. The first kappa shape index (κ1) is 17.1. The van der Waals surface area contributed by atoms with Crippen LogP contribution in [0.1, 0.15) is 11.1 Å². The van der Waals surface area contributed by atoms with Crippen LogP contribution in [-0.2, 0) is 0 Å². The van der Waals surface area contributed by atoms with E-state index in [0.717, 1.165) is 0 Å². The number of alkyl halides is 1. The molecule has 0 spiro atoms. The van der Waals surface area contributed by atoms with Gasteiger partial charge in [-0.2, -0.15) is 8.78 Å². The lowest BCUT2D eigenvalue weighted by atomic mass is 10.1. The van der Waals surface area contributed by atoms with Gasteiger partial charge in [-0.1, -0.05) is 0 Å². The Balaban J connectivity index is 0.00000154. The molecule has 0 radical (unpaired) electrons. The van der Waals surface area contributed by atoms with Crippen LogP contribution in [0.3, 0.4) is 0 Å². The highest BCUT2D eigenvalue weighted by Gasteiger charge is 2.19. The maximum Gasteiger partial charge on any atom is 0.306 e. The predicted octanol–water partition coefficient (Wildman–Crippen LogP) is 5.32. The summed E-state index contributed by atoms with van der Waals surface area (Å²) in [5.41, 5.74) is -2.49. The zero-order valence-corrected chi connectivity index (χ0v) is 9.26. The lowest BCUT2D eigenvalue weighted by molar-refractivity contribution is 0.409. The smallest absolute Gasteiger partial charge is 0.255 e. The van der Waals surface area contributed by atoms with Crippen molar-refractivity contribution in [2.75, 3.05) is 7.18 Å². The molecule has 0 aliphatic carbocycles. The second kappa shape index (κ2) is 7.55. The topological polar surface area (TPSA) is 0 Å². The molecule has 0 aliphatic heterocycles. The maximum atomic E-state index is 13.0. The van der Waals surface area contributed by atoms with Crippen molar-refractivity contribution < 1.29 is 35.1 Å². The summed E-state index contributed by atoms with van der Waals surface area (Å²) in [4.78, 5) is 0. The van der Waals surface area contributed by atoms with Gasteiger partial charge in [0, 0.05) is 0 Å². The van der Waals surface area contributed by atoms with Crippen molar-refractivity contribution in [3.8, 4) is 0 Å². The monoisotopic (exact) mass is 290 g/mol. The van der Waals surface area contributed by atoms with E-state index in [0.29, 0.717) is 7.18 Å². The van der Waals surface area contributed by atoms with Crippen LogP contribution in [0.15, 0.2) is 24.5 Å². The van der Waals surface area contributed by atoms with Gasteiger partial charge in [0.15, 0.2) is 11.7 Å². The van der Waals surface area contributed by atoms with Gasteiger partial charge in [0.2, 0.25) is 0 Å². The Hall–Kier alpha value is -1.86. The molecule has 0 amide bonds. The molecule has 0 saturated carbocycles. The normalized spacial score (nSPS) is 10.7. The third-order valence-electron chi connectivity index (χ3n) is 1.81. The van der Waals surface area contributed by atoms with Gasteiger partial charge in [-0.05, 0) is 12.1 Å². The predicted molar refractivity (Wildman–Crippen MR) is 53.8 cm³/mol. The van der Waals surface area contributed by atoms with Gasteiger partial charge >= 0.3 is 6.08 Å². The van der Waals surface area contributed by atoms with E-state index in [9.17, 15) is 35.1 Å². The second-order valence-corrected chi connectivity index (χ2v) is 2.84. The van der Waals surface area contributed by atoms with E-state index in [1.54, 1.807) is 0 Å². The molecule has 19 heavy (non-hydrogen) atoms. The van der Waals surface area contributed by atoms with Crippen LogP contribution in [0.2, 0.25) is 0 Å². The molecule has 0 nitrogen and oxygen atoms in total. The van der Waals surface area contributed by atoms with Gasteiger partial charge in [0.1, 0.15) is 18.0 Å². The minimum absolute atomic E-state index is 0.0161. The van der Waals surface area contributed by atoms with E-state index >= 15 is 0 Å². The van der Waals surface area contributed by atoms with Crippen LogP contribution in [0, 0.1) is 11.6 Å². The zero-order chi connectivity index (χ0) is 15.2. The van der Waals surface area contributed by atoms with Crippen molar-refractivity contribution in [1.82, 2.24) is 0 Å². The molecule has 0 bridgehead atoms. The van der Waals surface area contributed by atoms with Gasteiger partial charge < -0.3 is 0 Å². The van der Waals surface area contributed by atoms with Crippen LogP contribution >= 0.6 is 0 Å². The molecule has 8 heteroatoms. The van der Waals surface area contributed by atoms with Crippen molar-refractivity contribution in [3.63, 3.8) is 0 Å². The summed E-state index contributed by atoms with van der Waals surface area (Å²) in [7, 11) is 0.500. The molecule has 1 rings (SSSR count). The van der Waals surface area contributed by atoms with Gasteiger partial charge in [-0.3, -0.25) is 4.39 Å². The van der Waals surface area contributed by atoms with E-state index in [2.05, 4.69) is 0 Å². The highest BCUT2D eigenvalue weighted by atomic mass is 19.3. The van der Waals surface area contributed by atoms with E-state index in [4.69, 9.17) is 0 Å². The molecule has 0 aromatic heterocycles. The van der Waals surface area contributed by atoms with Crippen LogP contribution in [0.4, 0.5) is 35.1 Å². The summed E-state index contributed by atoms with van der Waals surface area (Å²) in [6, 6.07) is 0.0981. The van der Waals surface area contributed by atoms with Crippen molar-refractivity contribution in [2.45, 2.75) is 0 Å². The average Bonchev–Trinajstić information content (AvgIpc) is 2.41. The molecule has 0 heterocycles. The van der Waals surface area contributed by atoms with Crippen LogP contribution in [-0.4, -0.2) is 7.18 Å². The Morgan fingerprint density at radius 2 is 1.32 bits per heavy atom. The van der Waals surface area contributed by atoms with Gasteiger partial charge in [0.05, 0.1) is 18.3 Å². The van der Waals surface area contributed by atoms with E-state index < -0.39 is 46.8 Å². The van der Waals surface area contributed by atoms with Crippen LogP contribution in [0.5, 0.6) is 0 Å². The fourth-order valence-electron chi connectivity index (χ4n) is 1.06. The number of rotatable bonds is 2. The molecule has 0 fully saturated rings. The van der Waals surface area contributed by atoms with E-state index in [1.165, 1.54) is 0 Å². The molecule has 0 atom stereocenters. The molecule has 1 aromatic carbocycles. The highest BCUT2D eigenvalue weighted by molar-refractivity contribution is 5.65. The first-order valence-electron chi connectivity index (χ1n) is 4.42. The molecule has 106 valence electrons. The van der Waals surface area contributed by atoms with Gasteiger partial charge in [-0.25, -0.2) is 22.0 Å². The molecule has 1 aromatic rings. The summed E-state index contributed by atoms with van der Waals surface area (Å²) >= 11 is 0. The lowest BCUT2D eigenvalue weighted by Gasteiger charge is -2.04. The standard InChI is InChI=1S/C10H3F7.CH3F/c11-3-8(14)4-1-7(13)5(2-6(4)12)9(15)10(16)17;1-2/h1-3H;1H3/b8-3-;. The molecule has 0 aliphatic rings. The van der Waals surface area contributed by atoms with E-state index in [1.807, 2.05) is 0 Å². The molecular formula is C11H6F8. The Kier molecular flexibility index (Phi) is 6.81. The van der Waals surface area contributed by atoms with Gasteiger partial charge in [-0.15, -0.1) is 0 Å². The van der Waals surface area contributed by atoms with Crippen molar-refractivity contribution in [2.24, 2.45) is 0 Å². The van der Waals surface area contributed by atoms with Crippen molar-refractivity contribution in [1.29, 1.82) is 0 Å². The molecular weight excluding hydrogens is 284 g/mol. The zero-order valence-electron chi connectivity index (χ0n) is 9.26. The third-order valence-corrected chi connectivity index (χ3v) is 1.81. The Morgan fingerprint density at radius 3 is 1.74 bits per heavy atom. The maximum absolute atomic E-state index is 13.0. The summed E-state index contributed by atoms with van der Waals surface area (Å²) in [6.45, 7) is 0. The molecule has 0 N–H and O–H groups in total. The first-order valence-corrected chi connectivity index (χ1v) is 4.42. The van der Waals surface area contributed by atoms with Crippen molar-refractivity contribution >= 4 is 11.7 Å². The number of benzene rings is 1. The summed E-state index contributed by atoms with van der Waals surface area (Å²) < 4.78 is 96.2. The fraction of sp³-hybridized carbons (Fsp3) is 0.0909. The number of hydrogen-bond donors (Lipinski definition) is 0. The van der Waals surface area contributed by atoms with E-state index in [-0.39, 0.29) is 12.1 Å². The highest BCUT2D eigenvalue weighted by Crippen LogP contribution is 2.29. The Labute approximate surface area is 102 Å². The van der Waals surface area contributed by atoms with Crippen LogP contribution < -0.4 is 0 Å². The Bertz CT molecular complexity index is 500. The molecule has 0 saturated heterocycles. The second-order valence-electron chi connectivity index (χ2n) is 2.84. The largest absolute Gasteiger partial charge is 0.306 e. The lowest BCUT2D eigenvalue weighted by Crippen LogP contribution is -1.94.